The van der Waals surface area contributed by atoms with E-state index in [0.717, 1.165) is 38.4 Å². The van der Waals surface area contributed by atoms with E-state index in [4.69, 9.17) is 16.3 Å². The first-order valence-electron chi connectivity index (χ1n) is 7.62. The van der Waals surface area contributed by atoms with Crippen LogP contribution >= 0.6 is 11.6 Å². The van der Waals surface area contributed by atoms with Crippen molar-refractivity contribution in [3.8, 4) is 0 Å². The van der Waals surface area contributed by atoms with Gasteiger partial charge in [0.25, 0.3) is 0 Å². The first-order valence-corrected chi connectivity index (χ1v) is 8.00. The van der Waals surface area contributed by atoms with Crippen LogP contribution in [0.4, 0.5) is 4.79 Å². The molecular formula is C15H25ClN4O2. The van der Waals surface area contributed by atoms with Crippen LogP contribution in [0.5, 0.6) is 0 Å². The summed E-state index contributed by atoms with van der Waals surface area (Å²) in [7, 11) is 1.91. The molecule has 7 heteroatoms. The van der Waals surface area contributed by atoms with Gasteiger partial charge in [-0.05, 0) is 27.2 Å². The summed E-state index contributed by atoms with van der Waals surface area (Å²) in [5, 5.41) is 0.639. The fourth-order valence-corrected chi connectivity index (χ4v) is 2.56. The van der Waals surface area contributed by atoms with Crippen molar-refractivity contribution in [2.24, 2.45) is 7.05 Å². The molecule has 2 rings (SSSR count). The minimum absolute atomic E-state index is 0.227. The average molecular weight is 329 g/mol. The SMILES string of the molecule is Cn1c(Cl)cnc1CN1CCCN(C(=O)OC(C)(C)C)CC1. The summed E-state index contributed by atoms with van der Waals surface area (Å²) in [6.07, 6.45) is 2.37. The van der Waals surface area contributed by atoms with Gasteiger partial charge >= 0.3 is 6.09 Å². The van der Waals surface area contributed by atoms with E-state index in [1.165, 1.54) is 0 Å². The van der Waals surface area contributed by atoms with Crippen LogP contribution in [0.2, 0.25) is 5.15 Å². The van der Waals surface area contributed by atoms with Gasteiger partial charge in [-0.1, -0.05) is 11.6 Å². The lowest BCUT2D eigenvalue weighted by Gasteiger charge is -2.26. The number of halogens is 1. The zero-order valence-electron chi connectivity index (χ0n) is 13.8. The molecule has 1 aromatic heterocycles. The van der Waals surface area contributed by atoms with Crippen molar-refractivity contribution in [2.45, 2.75) is 39.3 Å². The number of carbonyl (C=O) groups excluding carboxylic acids is 1. The van der Waals surface area contributed by atoms with Gasteiger partial charge in [0.15, 0.2) is 0 Å². The molecule has 1 aromatic rings. The minimum atomic E-state index is -0.452. The lowest BCUT2D eigenvalue weighted by Crippen LogP contribution is -2.39. The first kappa shape index (κ1) is 17.1. The second-order valence-corrected chi connectivity index (χ2v) is 7.04. The van der Waals surface area contributed by atoms with Gasteiger partial charge in [-0.25, -0.2) is 9.78 Å². The lowest BCUT2D eigenvalue weighted by molar-refractivity contribution is 0.0257. The maximum absolute atomic E-state index is 12.1. The maximum atomic E-state index is 12.1. The summed E-state index contributed by atoms with van der Waals surface area (Å²) >= 11 is 6.02. The van der Waals surface area contributed by atoms with Crippen LogP contribution in [0.1, 0.15) is 33.0 Å². The van der Waals surface area contributed by atoms with Crippen molar-refractivity contribution in [1.29, 1.82) is 0 Å². The summed E-state index contributed by atoms with van der Waals surface area (Å²) in [5.41, 5.74) is -0.452. The second kappa shape index (κ2) is 6.87. The Morgan fingerprint density at radius 2 is 2.05 bits per heavy atom. The van der Waals surface area contributed by atoms with Crippen molar-refractivity contribution in [2.75, 3.05) is 26.2 Å². The normalized spacial score (nSPS) is 17.4. The summed E-state index contributed by atoms with van der Waals surface area (Å²) in [6, 6.07) is 0. The highest BCUT2D eigenvalue weighted by molar-refractivity contribution is 6.29. The van der Waals surface area contributed by atoms with E-state index in [9.17, 15) is 4.79 Å². The zero-order valence-corrected chi connectivity index (χ0v) is 14.6. The Bertz CT molecular complexity index is 524. The van der Waals surface area contributed by atoms with Gasteiger partial charge in [0.05, 0.1) is 12.7 Å². The Hall–Kier alpha value is -1.27. The van der Waals surface area contributed by atoms with Crippen molar-refractivity contribution in [1.82, 2.24) is 19.4 Å². The third-order valence-electron chi connectivity index (χ3n) is 3.63. The van der Waals surface area contributed by atoms with Gasteiger partial charge in [0, 0.05) is 33.2 Å². The van der Waals surface area contributed by atoms with Crippen molar-refractivity contribution in [3.05, 3.63) is 17.2 Å². The molecule has 1 amide bonds. The van der Waals surface area contributed by atoms with E-state index in [2.05, 4.69) is 9.88 Å². The van der Waals surface area contributed by atoms with Crippen molar-refractivity contribution in [3.63, 3.8) is 0 Å². The second-order valence-electron chi connectivity index (χ2n) is 6.65. The highest BCUT2D eigenvalue weighted by atomic mass is 35.5. The number of ether oxygens (including phenoxy) is 1. The van der Waals surface area contributed by atoms with Crippen molar-refractivity contribution >= 4 is 17.7 Å². The van der Waals surface area contributed by atoms with Gasteiger partial charge in [-0.15, -0.1) is 0 Å². The molecule has 1 fully saturated rings. The predicted octanol–water partition coefficient (Wildman–Crippen LogP) is 2.52. The van der Waals surface area contributed by atoms with Gasteiger partial charge in [0.2, 0.25) is 0 Å². The standard InChI is InChI=1S/C15H25ClN4O2/c1-15(2,3)22-14(21)20-7-5-6-19(8-9-20)11-13-17-10-12(16)18(13)4/h10H,5-9,11H2,1-4H3. The number of rotatable bonds is 2. The third kappa shape index (κ3) is 4.61. The third-order valence-corrected chi connectivity index (χ3v) is 3.98. The number of hydrogen-bond acceptors (Lipinski definition) is 4. The highest BCUT2D eigenvalue weighted by Gasteiger charge is 2.24. The van der Waals surface area contributed by atoms with Gasteiger partial charge in [-0.2, -0.15) is 0 Å². The summed E-state index contributed by atoms with van der Waals surface area (Å²) in [4.78, 5) is 20.5. The fourth-order valence-electron chi connectivity index (χ4n) is 2.41. The van der Waals surface area contributed by atoms with Gasteiger partial charge in [-0.3, -0.25) is 4.90 Å². The quantitative estimate of drug-likeness (QED) is 0.837. The summed E-state index contributed by atoms with van der Waals surface area (Å²) in [5.74, 6) is 0.940. The fraction of sp³-hybridized carbons (Fsp3) is 0.733. The van der Waals surface area contributed by atoms with Crippen LogP contribution in [-0.4, -0.2) is 57.2 Å². The average Bonchev–Trinajstić information content (AvgIpc) is 2.64. The van der Waals surface area contributed by atoms with Crippen LogP contribution in [0.3, 0.4) is 0 Å². The van der Waals surface area contributed by atoms with Crippen LogP contribution in [0, 0.1) is 0 Å². The molecule has 124 valence electrons. The summed E-state index contributed by atoms with van der Waals surface area (Å²) < 4.78 is 7.33. The number of aromatic nitrogens is 2. The van der Waals surface area contributed by atoms with Crippen LogP contribution < -0.4 is 0 Å². The predicted molar refractivity (Wildman–Crippen MR) is 85.9 cm³/mol. The van der Waals surface area contributed by atoms with Crippen LogP contribution in [0.25, 0.3) is 0 Å². The molecule has 0 atom stereocenters. The molecule has 0 saturated carbocycles. The summed E-state index contributed by atoms with van der Waals surface area (Å²) in [6.45, 7) is 9.55. The zero-order chi connectivity index (χ0) is 16.3. The number of imidazole rings is 1. The van der Waals surface area contributed by atoms with Crippen LogP contribution in [-0.2, 0) is 18.3 Å². The lowest BCUT2D eigenvalue weighted by atomic mass is 10.2. The number of amides is 1. The molecule has 0 aromatic carbocycles. The van der Waals surface area contributed by atoms with E-state index in [1.807, 2.05) is 32.4 Å². The first-order chi connectivity index (χ1) is 10.3. The molecule has 1 aliphatic rings. The van der Waals surface area contributed by atoms with Crippen LogP contribution in [0.15, 0.2) is 6.20 Å². The molecule has 22 heavy (non-hydrogen) atoms. The molecule has 0 aliphatic carbocycles. The molecule has 0 radical (unpaired) electrons. The molecule has 1 aliphatic heterocycles. The molecule has 2 heterocycles. The highest BCUT2D eigenvalue weighted by Crippen LogP contribution is 2.15. The Labute approximate surface area is 137 Å². The Kier molecular flexibility index (Phi) is 5.34. The number of nitrogens with zero attached hydrogens (tertiary/aromatic N) is 4. The van der Waals surface area contributed by atoms with Gasteiger partial charge < -0.3 is 14.2 Å². The molecule has 1 saturated heterocycles. The monoisotopic (exact) mass is 328 g/mol. The van der Waals surface area contributed by atoms with E-state index < -0.39 is 5.60 Å². The Balaban J connectivity index is 1.90. The van der Waals surface area contributed by atoms with E-state index >= 15 is 0 Å². The largest absolute Gasteiger partial charge is 0.444 e. The van der Waals surface area contributed by atoms with Crippen molar-refractivity contribution < 1.29 is 9.53 Å². The minimum Gasteiger partial charge on any atom is -0.444 e. The topological polar surface area (TPSA) is 50.6 Å². The van der Waals surface area contributed by atoms with E-state index in [-0.39, 0.29) is 6.09 Å². The van der Waals surface area contributed by atoms with E-state index in [0.29, 0.717) is 11.7 Å². The smallest absolute Gasteiger partial charge is 0.410 e. The molecule has 0 N–H and O–H groups in total. The molecule has 0 unspecified atom stereocenters. The molecule has 6 nitrogen and oxygen atoms in total. The Morgan fingerprint density at radius 3 is 2.64 bits per heavy atom. The number of hydrogen-bond donors (Lipinski definition) is 0. The maximum Gasteiger partial charge on any atom is 0.410 e. The molecule has 0 bridgehead atoms. The molecule has 0 spiro atoms. The number of carbonyl (C=O) groups is 1. The van der Waals surface area contributed by atoms with E-state index in [1.54, 1.807) is 11.1 Å². The Morgan fingerprint density at radius 1 is 1.32 bits per heavy atom. The van der Waals surface area contributed by atoms with Gasteiger partial charge in [0.1, 0.15) is 16.6 Å². The molecular weight excluding hydrogens is 304 g/mol.